The average molecular weight is 402 g/mol. The summed E-state index contributed by atoms with van der Waals surface area (Å²) in [6, 6.07) is 13.0. The van der Waals surface area contributed by atoms with E-state index in [4.69, 9.17) is 9.15 Å². The molecule has 0 radical (unpaired) electrons. The first-order valence-electron chi connectivity index (χ1n) is 8.42. The molecule has 0 aliphatic heterocycles. The van der Waals surface area contributed by atoms with Crippen LogP contribution in [0.25, 0.3) is 11.0 Å². The molecular formula is C20H18O7S. The molecule has 0 saturated heterocycles. The van der Waals surface area contributed by atoms with Gasteiger partial charge in [-0.2, -0.15) is 0 Å². The highest BCUT2D eigenvalue weighted by molar-refractivity contribution is 7.90. The molecule has 0 atom stereocenters. The van der Waals surface area contributed by atoms with Crippen molar-refractivity contribution in [1.29, 1.82) is 0 Å². The van der Waals surface area contributed by atoms with Crippen LogP contribution in [0, 0.1) is 0 Å². The normalized spacial score (nSPS) is 11.5. The van der Waals surface area contributed by atoms with E-state index in [0.717, 1.165) is 6.26 Å². The Morgan fingerprint density at radius 2 is 1.79 bits per heavy atom. The summed E-state index contributed by atoms with van der Waals surface area (Å²) in [6.07, 6.45) is 1.19. The van der Waals surface area contributed by atoms with Crippen LogP contribution in [0.15, 0.2) is 57.7 Å². The van der Waals surface area contributed by atoms with E-state index >= 15 is 0 Å². The monoisotopic (exact) mass is 402 g/mol. The molecule has 28 heavy (non-hydrogen) atoms. The van der Waals surface area contributed by atoms with Crippen LogP contribution >= 0.6 is 0 Å². The van der Waals surface area contributed by atoms with Gasteiger partial charge in [0, 0.05) is 12.7 Å². The van der Waals surface area contributed by atoms with Gasteiger partial charge in [0.2, 0.25) is 0 Å². The maximum absolute atomic E-state index is 12.2. The van der Waals surface area contributed by atoms with Crippen LogP contribution < -0.4 is 5.63 Å². The largest absolute Gasteiger partial charge is 0.507 e. The van der Waals surface area contributed by atoms with E-state index < -0.39 is 21.4 Å². The van der Waals surface area contributed by atoms with E-state index in [-0.39, 0.29) is 35.7 Å². The van der Waals surface area contributed by atoms with E-state index in [1.54, 1.807) is 36.4 Å². The van der Waals surface area contributed by atoms with Crippen molar-refractivity contribution < 1.29 is 27.5 Å². The van der Waals surface area contributed by atoms with Gasteiger partial charge in [0.05, 0.1) is 22.3 Å². The van der Waals surface area contributed by atoms with Crippen LogP contribution in [0.1, 0.15) is 21.5 Å². The summed E-state index contributed by atoms with van der Waals surface area (Å²) < 4.78 is 32.3. The third-order valence-corrected chi connectivity index (χ3v) is 5.04. The number of esters is 1. The molecule has 146 valence electrons. The van der Waals surface area contributed by atoms with Gasteiger partial charge in [0.15, 0.2) is 9.84 Å². The number of benzene rings is 2. The molecule has 0 spiro atoms. The van der Waals surface area contributed by atoms with Crippen molar-refractivity contribution in [3.63, 3.8) is 0 Å². The SMILES string of the molecule is CS(=O)(=O)CCOC(=O)c1ccc(Cc2c(O)c3ccccc3oc2=O)cc1. The zero-order chi connectivity index (χ0) is 20.3. The fraction of sp³-hybridized carbons (Fsp3) is 0.200. The van der Waals surface area contributed by atoms with Crippen LogP contribution in [-0.2, 0) is 21.0 Å². The summed E-state index contributed by atoms with van der Waals surface area (Å²) in [4.78, 5) is 24.1. The lowest BCUT2D eigenvalue weighted by Crippen LogP contribution is -2.14. The van der Waals surface area contributed by atoms with Crippen molar-refractivity contribution in [3.05, 3.63) is 75.6 Å². The Labute approximate surface area is 161 Å². The zero-order valence-corrected chi connectivity index (χ0v) is 15.9. The Hall–Kier alpha value is -3.13. The number of sulfone groups is 1. The number of hydrogen-bond acceptors (Lipinski definition) is 7. The quantitative estimate of drug-likeness (QED) is 0.497. The predicted molar refractivity (Wildman–Crippen MR) is 103 cm³/mol. The van der Waals surface area contributed by atoms with E-state index in [0.29, 0.717) is 16.5 Å². The van der Waals surface area contributed by atoms with Gasteiger partial charge in [-0.15, -0.1) is 0 Å². The number of carbonyl (C=O) groups excluding carboxylic acids is 1. The van der Waals surface area contributed by atoms with Gasteiger partial charge in [-0.25, -0.2) is 18.0 Å². The summed E-state index contributed by atoms with van der Waals surface area (Å²) in [5.74, 6) is -1.01. The molecule has 0 bridgehead atoms. The van der Waals surface area contributed by atoms with Crippen LogP contribution in [0.2, 0.25) is 0 Å². The van der Waals surface area contributed by atoms with E-state index in [9.17, 15) is 23.1 Å². The van der Waals surface area contributed by atoms with Crippen LogP contribution in [0.4, 0.5) is 0 Å². The third-order valence-electron chi connectivity index (χ3n) is 4.13. The van der Waals surface area contributed by atoms with Gasteiger partial charge in [0.1, 0.15) is 17.9 Å². The fourth-order valence-corrected chi connectivity index (χ4v) is 3.05. The third kappa shape index (κ3) is 4.58. The molecule has 0 fully saturated rings. The molecule has 2 aromatic carbocycles. The van der Waals surface area contributed by atoms with Gasteiger partial charge < -0.3 is 14.3 Å². The minimum atomic E-state index is -3.21. The molecule has 0 unspecified atom stereocenters. The molecule has 0 saturated carbocycles. The zero-order valence-electron chi connectivity index (χ0n) is 15.0. The first-order chi connectivity index (χ1) is 13.2. The summed E-state index contributed by atoms with van der Waals surface area (Å²) >= 11 is 0. The van der Waals surface area contributed by atoms with Crippen LogP contribution in [-0.4, -0.2) is 38.1 Å². The molecule has 1 heterocycles. The van der Waals surface area contributed by atoms with Gasteiger partial charge in [-0.05, 0) is 29.8 Å². The average Bonchev–Trinajstić information content (AvgIpc) is 2.64. The standard InChI is InChI=1S/C20H18O7S/c1-28(24,25)11-10-26-19(22)14-8-6-13(7-9-14)12-16-18(21)15-4-2-3-5-17(15)27-20(16)23/h2-9,21H,10-12H2,1H3. The van der Waals surface area contributed by atoms with Crippen LogP contribution in [0.3, 0.4) is 0 Å². The number of rotatable bonds is 6. The Morgan fingerprint density at radius 3 is 2.46 bits per heavy atom. The summed E-state index contributed by atoms with van der Waals surface area (Å²) in [7, 11) is -3.21. The smallest absolute Gasteiger partial charge is 0.343 e. The first kappa shape index (κ1) is 19.6. The Balaban J connectivity index is 1.75. The Morgan fingerprint density at radius 1 is 1.11 bits per heavy atom. The number of fused-ring (bicyclic) bond motifs is 1. The van der Waals surface area contributed by atoms with Crippen molar-refractivity contribution in [1.82, 2.24) is 0 Å². The minimum absolute atomic E-state index is 0.127. The van der Waals surface area contributed by atoms with Crippen LogP contribution in [0.5, 0.6) is 5.75 Å². The molecule has 1 aromatic heterocycles. The van der Waals surface area contributed by atoms with Crippen molar-refractivity contribution in [3.8, 4) is 5.75 Å². The highest BCUT2D eigenvalue weighted by Gasteiger charge is 2.15. The fourth-order valence-electron chi connectivity index (χ4n) is 2.66. The number of aromatic hydroxyl groups is 1. The highest BCUT2D eigenvalue weighted by atomic mass is 32.2. The molecular weight excluding hydrogens is 384 g/mol. The molecule has 3 rings (SSSR count). The molecule has 3 aromatic rings. The number of carbonyl (C=O) groups is 1. The van der Waals surface area contributed by atoms with Gasteiger partial charge in [-0.3, -0.25) is 0 Å². The number of hydrogen-bond donors (Lipinski definition) is 1. The molecule has 0 amide bonds. The molecule has 8 heteroatoms. The first-order valence-corrected chi connectivity index (χ1v) is 10.5. The summed E-state index contributed by atoms with van der Waals surface area (Å²) in [6.45, 7) is -0.217. The number of para-hydroxylation sites is 1. The van der Waals surface area contributed by atoms with Crippen molar-refractivity contribution in [2.45, 2.75) is 6.42 Å². The minimum Gasteiger partial charge on any atom is -0.507 e. The Bertz CT molecular complexity index is 1180. The van der Waals surface area contributed by atoms with Crippen molar-refractivity contribution in [2.75, 3.05) is 18.6 Å². The van der Waals surface area contributed by atoms with Crippen molar-refractivity contribution >= 4 is 26.8 Å². The second-order valence-corrected chi connectivity index (χ2v) is 8.61. The van der Waals surface area contributed by atoms with E-state index in [1.165, 1.54) is 12.1 Å². The number of ether oxygens (including phenoxy) is 1. The van der Waals surface area contributed by atoms with Gasteiger partial charge in [0.25, 0.3) is 0 Å². The topological polar surface area (TPSA) is 111 Å². The highest BCUT2D eigenvalue weighted by Crippen LogP contribution is 2.27. The van der Waals surface area contributed by atoms with Gasteiger partial charge >= 0.3 is 11.6 Å². The molecule has 0 aliphatic rings. The second kappa shape index (κ2) is 7.85. The maximum atomic E-state index is 12.2. The van der Waals surface area contributed by atoms with Crippen molar-refractivity contribution in [2.24, 2.45) is 0 Å². The lowest BCUT2D eigenvalue weighted by molar-refractivity contribution is 0.0529. The molecule has 0 aliphatic carbocycles. The Kier molecular flexibility index (Phi) is 5.51. The summed E-state index contributed by atoms with van der Waals surface area (Å²) in [5, 5.41) is 10.9. The second-order valence-electron chi connectivity index (χ2n) is 6.35. The van der Waals surface area contributed by atoms with E-state index in [1.807, 2.05) is 0 Å². The molecule has 7 nitrogen and oxygen atoms in total. The van der Waals surface area contributed by atoms with E-state index in [2.05, 4.69) is 0 Å². The van der Waals surface area contributed by atoms with Gasteiger partial charge in [-0.1, -0.05) is 24.3 Å². The predicted octanol–water partition coefficient (Wildman–Crippen LogP) is 2.29. The summed E-state index contributed by atoms with van der Waals surface area (Å²) in [5.41, 5.74) is 0.751. The lowest BCUT2D eigenvalue weighted by atomic mass is 10.0. The lowest BCUT2D eigenvalue weighted by Gasteiger charge is -2.08. The molecule has 1 N–H and O–H groups in total. The maximum Gasteiger partial charge on any atom is 0.343 e.